The zero-order valence-corrected chi connectivity index (χ0v) is 27.4. The summed E-state index contributed by atoms with van der Waals surface area (Å²) in [5.41, 5.74) is 2.52. The number of Topliss-reactive ketones (excluding diaryl/α,β-unsaturated/α-hetero) is 1. The van der Waals surface area contributed by atoms with Gasteiger partial charge in [-0.25, -0.2) is 0 Å². The maximum absolute atomic E-state index is 13.8. The largest absolute Gasteiger partial charge is 0.503 e. The first-order chi connectivity index (χ1) is 23.5. The number of ketones is 1. The van der Waals surface area contributed by atoms with Crippen LogP contribution in [0.2, 0.25) is 0 Å². The van der Waals surface area contributed by atoms with Gasteiger partial charge in [-0.1, -0.05) is 102 Å². The summed E-state index contributed by atoms with van der Waals surface area (Å²) in [6.07, 6.45) is 1.37. The summed E-state index contributed by atoms with van der Waals surface area (Å²) in [5, 5.41) is 22.5. The summed E-state index contributed by atoms with van der Waals surface area (Å²) < 4.78 is 18.1. The number of anilines is 1. The van der Waals surface area contributed by atoms with Crippen LogP contribution in [0.1, 0.15) is 40.2 Å². The highest BCUT2D eigenvalue weighted by molar-refractivity contribution is 8.00. The van der Waals surface area contributed by atoms with E-state index in [0.717, 1.165) is 21.9 Å². The standard InChI is InChI=1S/C37H29N3O6S2/c1-2-44-30-20-25(17-18-28(30)46-21-23-10-4-3-5-11-23)32-31(33(41)29-16-9-19-45-29)34(42)35(43)40(32)36-38-39-37(48-36)47-22-26-14-8-13-24-12-6-7-15-27(24)26/h3-20,32,42H,2,21-22H2,1H3. The number of amides is 1. The van der Waals surface area contributed by atoms with E-state index in [0.29, 0.717) is 40.4 Å². The van der Waals surface area contributed by atoms with Crippen LogP contribution in [-0.2, 0) is 17.2 Å². The number of ether oxygens (including phenoxy) is 2. The van der Waals surface area contributed by atoms with E-state index in [1.165, 1.54) is 40.3 Å². The van der Waals surface area contributed by atoms with Crippen molar-refractivity contribution < 1.29 is 28.6 Å². The highest BCUT2D eigenvalue weighted by Gasteiger charge is 2.47. The second-order valence-electron chi connectivity index (χ2n) is 10.8. The van der Waals surface area contributed by atoms with Crippen LogP contribution in [0, 0.1) is 0 Å². The van der Waals surface area contributed by atoms with Gasteiger partial charge in [-0.15, -0.1) is 10.2 Å². The molecule has 0 fully saturated rings. The molecule has 1 aliphatic heterocycles. The van der Waals surface area contributed by atoms with E-state index in [9.17, 15) is 14.7 Å². The Hall–Kier alpha value is -5.39. The van der Waals surface area contributed by atoms with E-state index in [1.54, 1.807) is 24.3 Å². The van der Waals surface area contributed by atoms with E-state index in [4.69, 9.17) is 13.9 Å². The van der Waals surface area contributed by atoms with Crippen molar-refractivity contribution in [1.29, 1.82) is 0 Å². The number of carbonyl (C=O) groups excluding carboxylic acids is 2. The molecule has 0 bridgehead atoms. The number of nitrogens with zero attached hydrogens (tertiary/aromatic N) is 3. The van der Waals surface area contributed by atoms with Crippen molar-refractivity contribution in [3.8, 4) is 11.5 Å². The van der Waals surface area contributed by atoms with Crippen molar-refractivity contribution in [3.05, 3.63) is 143 Å². The molecule has 11 heteroatoms. The third-order valence-electron chi connectivity index (χ3n) is 7.85. The second-order valence-corrected chi connectivity index (χ2v) is 13.0. The summed E-state index contributed by atoms with van der Waals surface area (Å²) in [5.74, 6) is -0.499. The molecule has 0 aliphatic carbocycles. The minimum absolute atomic E-state index is 0.00681. The van der Waals surface area contributed by atoms with Gasteiger partial charge in [-0.3, -0.25) is 14.5 Å². The normalized spacial score (nSPS) is 14.6. The van der Waals surface area contributed by atoms with Gasteiger partial charge in [0.2, 0.25) is 10.9 Å². The predicted molar refractivity (Wildman–Crippen MR) is 185 cm³/mol. The quantitative estimate of drug-likeness (QED) is 0.0777. The molecule has 240 valence electrons. The van der Waals surface area contributed by atoms with Crippen molar-refractivity contribution in [2.75, 3.05) is 11.5 Å². The monoisotopic (exact) mass is 675 g/mol. The van der Waals surface area contributed by atoms with Gasteiger partial charge in [0.25, 0.3) is 5.91 Å². The molecular weight excluding hydrogens is 647 g/mol. The molecule has 0 saturated heterocycles. The van der Waals surface area contributed by atoms with Gasteiger partial charge in [-0.2, -0.15) is 0 Å². The number of aliphatic hydroxyl groups excluding tert-OH is 1. The van der Waals surface area contributed by atoms with Gasteiger partial charge < -0.3 is 19.0 Å². The fraction of sp³-hybridized carbons (Fsp3) is 0.135. The maximum atomic E-state index is 13.8. The molecule has 1 aliphatic rings. The van der Waals surface area contributed by atoms with Crippen molar-refractivity contribution >= 4 is 50.7 Å². The number of hydrogen-bond donors (Lipinski definition) is 1. The van der Waals surface area contributed by atoms with Crippen LogP contribution in [0.3, 0.4) is 0 Å². The zero-order chi connectivity index (χ0) is 33.0. The molecule has 1 unspecified atom stereocenters. The molecular formula is C37H29N3O6S2. The first kappa shape index (κ1) is 31.2. The number of hydrogen-bond acceptors (Lipinski definition) is 10. The zero-order valence-electron chi connectivity index (χ0n) is 25.7. The topological polar surface area (TPSA) is 115 Å². The smallest absolute Gasteiger partial charge is 0.296 e. The fourth-order valence-electron chi connectivity index (χ4n) is 5.62. The molecule has 1 atom stereocenters. The van der Waals surface area contributed by atoms with Crippen molar-refractivity contribution in [3.63, 3.8) is 0 Å². The Morgan fingerprint density at radius 1 is 0.938 bits per heavy atom. The van der Waals surface area contributed by atoms with E-state index >= 15 is 0 Å². The Balaban J connectivity index is 1.22. The third-order valence-corrected chi connectivity index (χ3v) is 9.96. The van der Waals surface area contributed by atoms with Crippen LogP contribution in [0.25, 0.3) is 10.8 Å². The van der Waals surface area contributed by atoms with Crippen LogP contribution in [0.15, 0.2) is 129 Å². The Kier molecular flexibility index (Phi) is 8.95. The molecule has 2 aromatic heterocycles. The Bertz CT molecular complexity index is 2120. The molecule has 9 nitrogen and oxygen atoms in total. The van der Waals surface area contributed by atoms with Gasteiger partial charge in [0.15, 0.2) is 27.4 Å². The van der Waals surface area contributed by atoms with Crippen molar-refractivity contribution in [2.24, 2.45) is 0 Å². The average molecular weight is 676 g/mol. The summed E-state index contributed by atoms with van der Waals surface area (Å²) >= 11 is 2.71. The molecule has 0 saturated carbocycles. The number of carbonyl (C=O) groups is 2. The van der Waals surface area contributed by atoms with Crippen LogP contribution >= 0.6 is 23.1 Å². The van der Waals surface area contributed by atoms with E-state index in [2.05, 4.69) is 34.5 Å². The first-order valence-corrected chi connectivity index (χ1v) is 17.0. The molecule has 0 radical (unpaired) electrons. The SMILES string of the molecule is CCOc1cc(C2C(C(=O)c3ccco3)=C(O)C(=O)N2c2nnc(SCc3cccc4ccccc34)s2)ccc1OCc1ccccc1. The van der Waals surface area contributed by atoms with E-state index < -0.39 is 23.5 Å². The molecule has 1 N–H and O–H groups in total. The number of aromatic nitrogens is 2. The lowest BCUT2D eigenvalue weighted by Gasteiger charge is -2.25. The van der Waals surface area contributed by atoms with Gasteiger partial charge in [0, 0.05) is 5.75 Å². The number of benzene rings is 4. The first-order valence-electron chi connectivity index (χ1n) is 15.2. The molecule has 7 rings (SSSR count). The van der Waals surface area contributed by atoms with Crippen LogP contribution in [0.5, 0.6) is 11.5 Å². The summed E-state index contributed by atoms with van der Waals surface area (Å²) in [4.78, 5) is 28.8. The number of rotatable bonds is 12. The molecule has 3 heterocycles. The molecule has 0 spiro atoms. The van der Waals surface area contributed by atoms with Gasteiger partial charge in [0.1, 0.15) is 6.61 Å². The lowest BCUT2D eigenvalue weighted by molar-refractivity contribution is -0.117. The summed E-state index contributed by atoms with van der Waals surface area (Å²) in [6, 6.07) is 31.3. The summed E-state index contributed by atoms with van der Waals surface area (Å²) in [6.45, 7) is 2.53. The van der Waals surface area contributed by atoms with E-state index in [1.807, 2.05) is 55.5 Å². The second kappa shape index (κ2) is 13.8. The number of furan rings is 1. The highest BCUT2D eigenvalue weighted by atomic mass is 32.2. The van der Waals surface area contributed by atoms with Crippen LogP contribution in [-0.4, -0.2) is 33.6 Å². The van der Waals surface area contributed by atoms with Gasteiger partial charge >= 0.3 is 0 Å². The minimum atomic E-state index is -1.04. The summed E-state index contributed by atoms with van der Waals surface area (Å²) in [7, 11) is 0. The number of aliphatic hydroxyl groups is 1. The van der Waals surface area contributed by atoms with Crippen molar-refractivity contribution in [2.45, 2.75) is 29.7 Å². The molecule has 48 heavy (non-hydrogen) atoms. The van der Waals surface area contributed by atoms with E-state index in [-0.39, 0.29) is 16.5 Å². The van der Waals surface area contributed by atoms with Crippen molar-refractivity contribution in [1.82, 2.24) is 10.2 Å². The average Bonchev–Trinajstić information content (AvgIpc) is 3.88. The van der Waals surface area contributed by atoms with Gasteiger partial charge in [0.05, 0.1) is 24.5 Å². The molecule has 6 aromatic rings. The van der Waals surface area contributed by atoms with Gasteiger partial charge in [-0.05, 0) is 58.7 Å². The third kappa shape index (κ3) is 6.17. The Labute approximate surface area is 284 Å². The molecule has 4 aromatic carbocycles. The van der Waals surface area contributed by atoms with Crippen LogP contribution in [0.4, 0.5) is 5.13 Å². The van der Waals surface area contributed by atoms with Crippen LogP contribution < -0.4 is 14.4 Å². The minimum Gasteiger partial charge on any atom is -0.503 e. The highest BCUT2D eigenvalue weighted by Crippen LogP contribution is 2.45. The lowest BCUT2D eigenvalue weighted by Crippen LogP contribution is -2.31. The number of thioether (sulfide) groups is 1. The maximum Gasteiger partial charge on any atom is 0.296 e. The lowest BCUT2D eigenvalue weighted by atomic mass is 9.95. The Morgan fingerprint density at radius 3 is 2.56 bits per heavy atom. The Morgan fingerprint density at radius 2 is 1.75 bits per heavy atom. The molecule has 1 amide bonds. The number of fused-ring (bicyclic) bond motifs is 1. The fourth-order valence-corrected chi connectivity index (χ4v) is 7.50. The predicted octanol–water partition coefficient (Wildman–Crippen LogP) is 8.34.